The van der Waals surface area contributed by atoms with Gasteiger partial charge in [-0.3, -0.25) is 9.69 Å². The zero-order chi connectivity index (χ0) is 22.7. The van der Waals surface area contributed by atoms with Crippen LogP contribution in [0.25, 0.3) is 0 Å². The van der Waals surface area contributed by atoms with Crippen LogP contribution in [0, 0.1) is 5.82 Å². The molecule has 0 bridgehead atoms. The van der Waals surface area contributed by atoms with Crippen LogP contribution in [0.15, 0.2) is 52.9 Å². The molecule has 0 atom stereocenters. The number of rotatable bonds is 6. The van der Waals surface area contributed by atoms with Gasteiger partial charge >= 0.3 is 0 Å². The number of nitrogens with zero attached hydrogens (tertiary/aromatic N) is 2. The highest BCUT2D eigenvalue weighted by molar-refractivity contribution is 6.42. The van der Waals surface area contributed by atoms with Gasteiger partial charge in [-0.05, 0) is 36.4 Å². The van der Waals surface area contributed by atoms with Crippen LogP contribution in [0.1, 0.15) is 21.9 Å². The molecule has 0 radical (unpaired) electrons. The van der Waals surface area contributed by atoms with Gasteiger partial charge in [0.15, 0.2) is 5.76 Å². The van der Waals surface area contributed by atoms with Crippen LogP contribution < -0.4 is 4.74 Å². The summed E-state index contributed by atoms with van der Waals surface area (Å²) in [5, 5.41) is 1.13. The number of halogens is 4. The molecule has 0 spiro atoms. The van der Waals surface area contributed by atoms with Crippen molar-refractivity contribution in [3.05, 3.63) is 86.5 Å². The second-order valence-corrected chi connectivity index (χ2v) is 8.57. The molecule has 1 amide bonds. The largest absolute Gasteiger partial charge is 0.484 e. The number of hydrogen-bond acceptors (Lipinski definition) is 4. The number of furan rings is 1. The van der Waals surface area contributed by atoms with Gasteiger partial charge in [0.2, 0.25) is 0 Å². The van der Waals surface area contributed by atoms with Gasteiger partial charge in [0.1, 0.15) is 29.0 Å². The Kier molecular flexibility index (Phi) is 7.26. The van der Waals surface area contributed by atoms with E-state index in [2.05, 4.69) is 4.90 Å². The predicted molar refractivity (Wildman–Crippen MR) is 122 cm³/mol. The minimum Gasteiger partial charge on any atom is -0.484 e. The molecule has 1 aliphatic heterocycles. The van der Waals surface area contributed by atoms with Gasteiger partial charge in [-0.1, -0.05) is 46.9 Å². The first kappa shape index (κ1) is 22.9. The molecule has 1 aromatic heterocycles. The molecular weight excluding hydrogens is 478 g/mol. The van der Waals surface area contributed by atoms with E-state index in [0.29, 0.717) is 64.9 Å². The van der Waals surface area contributed by atoms with E-state index in [-0.39, 0.29) is 24.1 Å². The molecule has 9 heteroatoms. The van der Waals surface area contributed by atoms with E-state index in [9.17, 15) is 9.18 Å². The summed E-state index contributed by atoms with van der Waals surface area (Å²) in [6.07, 6.45) is 0. The van der Waals surface area contributed by atoms with E-state index in [4.69, 9.17) is 44.0 Å². The molecule has 2 aromatic carbocycles. The molecule has 0 aliphatic carbocycles. The van der Waals surface area contributed by atoms with Crippen molar-refractivity contribution >= 4 is 40.7 Å². The van der Waals surface area contributed by atoms with Crippen molar-refractivity contribution in [1.82, 2.24) is 9.80 Å². The van der Waals surface area contributed by atoms with Gasteiger partial charge in [0, 0.05) is 43.3 Å². The summed E-state index contributed by atoms with van der Waals surface area (Å²) in [6, 6.07) is 13.1. The fraction of sp³-hybridized carbons (Fsp3) is 0.261. The second kappa shape index (κ2) is 10.1. The lowest BCUT2D eigenvalue weighted by Gasteiger charge is -2.34. The fourth-order valence-electron chi connectivity index (χ4n) is 3.49. The molecule has 3 aromatic rings. The summed E-state index contributed by atoms with van der Waals surface area (Å²) in [4.78, 5) is 16.6. The van der Waals surface area contributed by atoms with Gasteiger partial charge in [-0.15, -0.1) is 0 Å². The van der Waals surface area contributed by atoms with Crippen molar-refractivity contribution in [2.24, 2.45) is 0 Å². The van der Waals surface area contributed by atoms with Crippen LogP contribution in [0.5, 0.6) is 5.75 Å². The van der Waals surface area contributed by atoms with Gasteiger partial charge in [-0.25, -0.2) is 4.39 Å². The lowest BCUT2D eigenvalue weighted by Crippen LogP contribution is -2.48. The molecule has 32 heavy (non-hydrogen) atoms. The van der Waals surface area contributed by atoms with Crippen molar-refractivity contribution in [2.75, 3.05) is 26.2 Å². The zero-order valence-corrected chi connectivity index (χ0v) is 19.3. The van der Waals surface area contributed by atoms with E-state index in [1.807, 2.05) is 0 Å². The van der Waals surface area contributed by atoms with Gasteiger partial charge in [0.25, 0.3) is 5.91 Å². The highest BCUT2D eigenvalue weighted by atomic mass is 35.5. The van der Waals surface area contributed by atoms with Crippen LogP contribution in [0.2, 0.25) is 15.1 Å². The molecule has 4 rings (SSSR count). The standard InChI is InChI=1S/C23H20Cl3FN2O3/c24-17-3-1-5-19(27)16(17)13-28-9-11-29(12-10-28)23(30)21-8-7-15(32-21)14-31-20-6-2-4-18(25)22(20)26/h1-8H,9-14H2. The zero-order valence-electron chi connectivity index (χ0n) is 17.0. The molecular formula is C23H20Cl3FN2O3. The summed E-state index contributed by atoms with van der Waals surface area (Å²) < 4.78 is 25.4. The molecule has 1 fully saturated rings. The lowest BCUT2D eigenvalue weighted by molar-refractivity contribution is 0.0593. The van der Waals surface area contributed by atoms with Crippen molar-refractivity contribution in [3.8, 4) is 5.75 Å². The summed E-state index contributed by atoms with van der Waals surface area (Å²) in [5.41, 5.74) is 0.476. The summed E-state index contributed by atoms with van der Waals surface area (Å²) in [7, 11) is 0. The van der Waals surface area contributed by atoms with Crippen molar-refractivity contribution in [2.45, 2.75) is 13.2 Å². The molecule has 168 valence electrons. The first-order chi connectivity index (χ1) is 15.4. The minimum atomic E-state index is -0.319. The first-order valence-electron chi connectivity index (χ1n) is 10.0. The Morgan fingerprint density at radius 2 is 1.69 bits per heavy atom. The first-order valence-corrected chi connectivity index (χ1v) is 11.2. The fourth-order valence-corrected chi connectivity index (χ4v) is 4.06. The van der Waals surface area contributed by atoms with Gasteiger partial charge < -0.3 is 14.1 Å². The Balaban J connectivity index is 1.31. The molecule has 0 unspecified atom stereocenters. The maximum Gasteiger partial charge on any atom is 0.289 e. The molecule has 0 saturated carbocycles. The number of ether oxygens (including phenoxy) is 1. The van der Waals surface area contributed by atoms with E-state index in [1.54, 1.807) is 47.4 Å². The van der Waals surface area contributed by atoms with Crippen molar-refractivity contribution < 1.29 is 18.3 Å². The van der Waals surface area contributed by atoms with Crippen LogP contribution in [-0.2, 0) is 13.2 Å². The number of amides is 1. The topological polar surface area (TPSA) is 45.9 Å². The third kappa shape index (κ3) is 5.21. The summed E-state index contributed by atoms with van der Waals surface area (Å²) in [5.74, 6) is 0.666. The number of piperazine rings is 1. The van der Waals surface area contributed by atoms with E-state index in [1.165, 1.54) is 6.07 Å². The molecule has 1 aliphatic rings. The third-order valence-electron chi connectivity index (χ3n) is 5.26. The second-order valence-electron chi connectivity index (χ2n) is 7.38. The molecule has 5 nitrogen and oxygen atoms in total. The average molecular weight is 498 g/mol. The van der Waals surface area contributed by atoms with Crippen molar-refractivity contribution in [1.29, 1.82) is 0 Å². The SMILES string of the molecule is O=C(c1ccc(COc2cccc(Cl)c2Cl)o1)N1CCN(Cc2c(F)cccc2Cl)CC1. The highest BCUT2D eigenvalue weighted by Crippen LogP contribution is 2.32. The third-order valence-corrected chi connectivity index (χ3v) is 6.42. The van der Waals surface area contributed by atoms with Gasteiger partial charge in [-0.2, -0.15) is 0 Å². The maximum absolute atomic E-state index is 14.0. The van der Waals surface area contributed by atoms with Crippen LogP contribution in [0.3, 0.4) is 0 Å². The Morgan fingerprint density at radius 1 is 0.969 bits per heavy atom. The number of benzene rings is 2. The molecule has 2 heterocycles. The molecule has 1 saturated heterocycles. The average Bonchev–Trinajstić information content (AvgIpc) is 3.26. The Labute approximate surface area is 200 Å². The number of carbonyl (C=O) groups is 1. The maximum atomic E-state index is 14.0. The number of carbonyl (C=O) groups excluding carboxylic acids is 1. The molecule has 0 N–H and O–H groups in total. The Hall–Kier alpha value is -2.25. The van der Waals surface area contributed by atoms with E-state index >= 15 is 0 Å². The quantitative estimate of drug-likeness (QED) is 0.424. The predicted octanol–water partition coefficient (Wildman–Crippen LogP) is 5.92. The van der Waals surface area contributed by atoms with Crippen LogP contribution >= 0.6 is 34.8 Å². The van der Waals surface area contributed by atoms with Gasteiger partial charge in [0.05, 0.1) is 5.02 Å². The van der Waals surface area contributed by atoms with E-state index < -0.39 is 0 Å². The monoisotopic (exact) mass is 496 g/mol. The Morgan fingerprint density at radius 3 is 2.44 bits per heavy atom. The Bertz CT molecular complexity index is 1090. The number of hydrogen-bond donors (Lipinski definition) is 0. The smallest absolute Gasteiger partial charge is 0.289 e. The summed E-state index contributed by atoms with van der Waals surface area (Å²) >= 11 is 18.2. The van der Waals surface area contributed by atoms with Crippen molar-refractivity contribution in [3.63, 3.8) is 0 Å². The van der Waals surface area contributed by atoms with Crippen LogP contribution in [-0.4, -0.2) is 41.9 Å². The van der Waals surface area contributed by atoms with E-state index in [0.717, 1.165) is 0 Å². The highest BCUT2D eigenvalue weighted by Gasteiger charge is 2.25. The summed E-state index contributed by atoms with van der Waals surface area (Å²) in [6.45, 7) is 2.76. The lowest BCUT2D eigenvalue weighted by atomic mass is 10.2. The van der Waals surface area contributed by atoms with Crippen LogP contribution in [0.4, 0.5) is 4.39 Å². The normalized spacial score (nSPS) is 14.6. The minimum absolute atomic E-state index is 0.116.